The van der Waals surface area contributed by atoms with Gasteiger partial charge in [0.15, 0.2) is 0 Å². The molecule has 0 aliphatic carbocycles. The molecule has 194 valence electrons. The summed E-state index contributed by atoms with van der Waals surface area (Å²) >= 11 is 6.28. The number of imidazole rings is 1. The zero-order valence-electron chi connectivity index (χ0n) is 22.0. The molecule has 0 bridgehead atoms. The quantitative estimate of drug-likeness (QED) is 0.189. The van der Waals surface area contributed by atoms with E-state index in [2.05, 4.69) is 89.5 Å². The van der Waals surface area contributed by atoms with Crippen LogP contribution >= 0.6 is 11.6 Å². The smallest absolute Gasteiger partial charge is 0.145 e. The average Bonchev–Trinajstić information content (AvgIpc) is 3.42. The first-order valence-electron chi connectivity index (χ1n) is 13.1. The highest BCUT2D eigenvalue weighted by Gasteiger charge is 2.22. The lowest BCUT2D eigenvalue weighted by molar-refractivity contribution is 0.415. The van der Waals surface area contributed by atoms with E-state index in [9.17, 15) is 0 Å². The molecule has 0 amide bonds. The van der Waals surface area contributed by atoms with Crippen molar-refractivity contribution in [2.24, 2.45) is 0 Å². The van der Waals surface area contributed by atoms with E-state index in [4.69, 9.17) is 21.3 Å². The maximum Gasteiger partial charge on any atom is 0.145 e. The van der Waals surface area contributed by atoms with Crippen LogP contribution in [-0.4, -0.2) is 16.7 Å². The molecule has 6 aromatic rings. The summed E-state index contributed by atoms with van der Waals surface area (Å²) in [4.78, 5) is 5.27. The van der Waals surface area contributed by atoms with Crippen molar-refractivity contribution in [3.8, 4) is 45.3 Å². The SMILES string of the molecule is COc1ccc(/C=C/c2ccc(-c3nc(-c4ccccc4)c(-c4ccccc4)n3-c3ccc(Cl)cc3)cc2)cc1. The number of aromatic nitrogens is 2. The van der Waals surface area contributed by atoms with Gasteiger partial charge in [0.05, 0.1) is 18.5 Å². The molecule has 3 nitrogen and oxygen atoms in total. The molecule has 0 spiro atoms. The van der Waals surface area contributed by atoms with Gasteiger partial charge in [0.25, 0.3) is 0 Å². The molecule has 0 saturated heterocycles. The van der Waals surface area contributed by atoms with E-state index < -0.39 is 0 Å². The summed E-state index contributed by atoms with van der Waals surface area (Å²) in [5.41, 5.74) is 8.36. The van der Waals surface area contributed by atoms with Crippen molar-refractivity contribution in [2.45, 2.75) is 0 Å². The van der Waals surface area contributed by atoms with Gasteiger partial charge in [0.1, 0.15) is 11.6 Å². The standard InChI is InChI=1S/C36H27ClN2O/c1-40-33-24-16-27(17-25-33)13-12-26-14-18-30(19-15-26)36-38-34(28-8-4-2-5-9-28)35(29-10-6-3-7-11-29)39(36)32-22-20-31(37)21-23-32/h2-25H,1H3/b13-12+. The Morgan fingerprint density at radius 2 is 1.15 bits per heavy atom. The van der Waals surface area contributed by atoms with Crippen molar-refractivity contribution in [3.05, 3.63) is 150 Å². The predicted molar refractivity (Wildman–Crippen MR) is 167 cm³/mol. The number of methoxy groups -OCH3 is 1. The third-order valence-electron chi connectivity index (χ3n) is 6.81. The first-order chi connectivity index (χ1) is 19.7. The molecule has 40 heavy (non-hydrogen) atoms. The number of ether oxygens (including phenoxy) is 1. The molecule has 0 unspecified atom stereocenters. The van der Waals surface area contributed by atoms with Crippen molar-refractivity contribution in [2.75, 3.05) is 7.11 Å². The number of nitrogens with zero attached hydrogens (tertiary/aromatic N) is 2. The van der Waals surface area contributed by atoms with E-state index in [0.717, 1.165) is 56.5 Å². The lowest BCUT2D eigenvalue weighted by Gasteiger charge is -2.14. The molecule has 0 aliphatic heterocycles. The Morgan fingerprint density at radius 1 is 0.600 bits per heavy atom. The van der Waals surface area contributed by atoms with Crippen molar-refractivity contribution in [1.82, 2.24) is 9.55 Å². The summed E-state index contributed by atoms with van der Waals surface area (Å²) < 4.78 is 7.49. The van der Waals surface area contributed by atoms with Gasteiger partial charge in [-0.15, -0.1) is 0 Å². The number of benzene rings is 5. The lowest BCUT2D eigenvalue weighted by Crippen LogP contribution is -2.00. The molecule has 0 atom stereocenters. The van der Waals surface area contributed by atoms with Crippen LogP contribution in [0.3, 0.4) is 0 Å². The average molecular weight is 539 g/mol. The van der Waals surface area contributed by atoms with Gasteiger partial charge in [-0.2, -0.15) is 0 Å². The minimum Gasteiger partial charge on any atom is -0.497 e. The van der Waals surface area contributed by atoms with E-state index in [-0.39, 0.29) is 0 Å². The Kier molecular flexibility index (Phi) is 7.30. The van der Waals surface area contributed by atoms with Crippen LogP contribution in [0.25, 0.3) is 51.7 Å². The maximum atomic E-state index is 6.28. The topological polar surface area (TPSA) is 27.1 Å². The van der Waals surface area contributed by atoms with E-state index in [1.54, 1.807) is 7.11 Å². The number of rotatable bonds is 7. The number of halogens is 1. The first-order valence-corrected chi connectivity index (χ1v) is 13.5. The second-order valence-corrected chi connectivity index (χ2v) is 9.84. The molecule has 0 saturated carbocycles. The first kappa shape index (κ1) is 25.4. The van der Waals surface area contributed by atoms with E-state index >= 15 is 0 Å². The van der Waals surface area contributed by atoms with E-state index in [1.165, 1.54) is 0 Å². The van der Waals surface area contributed by atoms with Gasteiger partial charge >= 0.3 is 0 Å². The van der Waals surface area contributed by atoms with Gasteiger partial charge in [0, 0.05) is 27.4 Å². The molecule has 1 heterocycles. The predicted octanol–water partition coefficient (Wildman–Crippen LogP) is 9.71. The fraction of sp³-hybridized carbons (Fsp3) is 0.0278. The molecule has 4 heteroatoms. The number of hydrogen-bond acceptors (Lipinski definition) is 2. The van der Waals surface area contributed by atoms with Gasteiger partial charge in [-0.05, 0) is 47.5 Å². The highest BCUT2D eigenvalue weighted by Crippen LogP contribution is 2.38. The largest absolute Gasteiger partial charge is 0.497 e. The Morgan fingerprint density at radius 3 is 1.73 bits per heavy atom. The molecular weight excluding hydrogens is 512 g/mol. The highest BCUT2D eigenvalue weighted by atomic mass is 35.5. The zero-order valence-corrected chi connectivity index (χ0v) is 22.8. The minimum absolute atomic E-state index is 0.697. The summed E-state index contributed by atoms with van der Waals surface area (Å²) in [5, 5.41) is 0.697. The third-order valence-corrected chi connectivity index (χ3v) is 7.06. The van der Waals surface area contributed by atoms with Crippen molar-refractivity contribution in [3.63, 3.8) is 0 Å². The van der Waals surface area contributed by atoms with Crippen LogP contribution in [0.5, 0.6) is 5.75 Å². The monoisotopic (exact) mass is 538 g/mol. The molecule has 0 radical (unpaired) electrons. The fourth-order valence-electron chi connectivity index (χ4n) is 4.77. The Bertz CT molecular complexity index is 1740. The molecule has 6 rings (SSSR count). The van der Waals surface area contributed by atoms with Crippen molar-refractivity contribution in [1.29, 1.82) is 0 Å². The maximum absolute atomic E-state index is 6.28. The second kappa shape index (κ2) is 11.5. The summed E-state index contributed by atoms with van der Waals surface area (Å²) in [6, 6.07) is 45.2. The summed E-state index contributed by atoms with van der Waals surface area (Å²) in [7, 11) is 1.68. The third kappa shape index (κ3) is 5.33. The summed E-state index contributed by atoms with van der Waals surface area (Å²) in [6.45, 7) is 0. The molecule has 0 N–H and O–H groups in total. The minimum atomic E-state index is 0.697. The second-order valence-electron chi connectivity index (χ2n) is 9.41. The zero-order chi connectivity index (χ0) is 27.3. The van der Waals surface area contributed by atoms with Gasteiger partial charge in [-0.25, -0.2) is 4.98 Å². The lowest BCUT2D eigenvalue weighted by atomic mass is 10.0. The fourth-order valence-corrected chi connectivity index (χ4v) is 4.89. The van der Waals surface area contributed by atoms with Crippen molar-refractivity contribution >= 4 is 23.8 Å². The number of hydrogen-bond donors (Lipinski definition) is 0. The van der Waals surface area contributed by atoms with Crippen LogP contribution in [0.2, 0.25) is 5.02 Å². The molecular formula is C36H27ClN2O. The van der Waals surface area contributed by atoms with Gasteiger partial charge in [-0.1, -0.05) is 121 Å². The van der Waals surface area contributed by atoms with Crippen LogP contribution in [-0.2, 0) is 0 Å². The Labute approximate surface area is 239 Å². The van der Waals surface area contributed by atoms with Crippen LogP contribution in [0.1, 0.15) is 11.1 Å². The molecule has 5 aromatic carbocycles. The van der Waals surface area contributed by atoms with Gasteiger partial charge < -0.3 is 4.74 Å². The van der Waals surface area contributed by atoms with Crippen molar-refractivity contribution < 1.29 is 4.74 Å². The van der Waals surface area contributed by atoms with Gasteiger partial charge in [-0.3, -0.25) is 4.57 Å². The molecule has 1 aromatic heterocycles. The van der Waals surface area contributed by atoms with Gasteiger partial charge in [0.2, 0.25) is 0 Å². The molecule has 0 aliphatic rings. The van der Waals surface area contributed by atoms with E-state index in [1.807, 2.05) is 60.7 Å². The van der Waals surface area contributed by atoms with Crippen LogP contribution < -0.4 is 4.74 Å². The molecule has 0 fully saturated rings. The summed E-state index contributed by atoms with van der Waals surface area (Å²) in [6.07, 6.45) is 4.21. The van der Waals surface area contributed by atoms with Crippen LogP contribution in [0.4, 0.5) is 0 Å². The van der Waals surface area contributed by atoms with Crippen LogP contribution in [0, 0.1) is 0 Å². The Hall–Kier alpha value is -4.86. The highest BCUT2D eigenvalue weighted by molar-refractivity contribution is 6.30. The summed E-state index contributed by atoms with van der Waals surface area (Å²) in [5.74, 6) is 1.72. The van der Waals surface area contributed by atoms with Crippen LogP contribution in [0.15, 0.2) is 133 Å². The van der Waals surface area contributed by atoms with E-state index in [0.29, 0.717) is 5.02 Å². The Balaban J connectivity index is 1.47. The normalized spacial score (nSPS) is 11.2.